The van der Waals surface area contributed by atoms with Crippen LogP contribution in [0, 0.1) is 5.92 Å². The molecule has 2 heterocycles. The molecule has 0 radical (unpaired) electrons. The fraction of sp³-hybridized carbons (Fsp3) is 0.278. The van der Waals surface area contributed by atoms with Crippen LogP contribution in [0.5, 0.6) is 0 Å². The van der Waals surface area contributed by atoms with Gasteiger partial charge in [0.15, 0.2) is 0 Å². The molecule has 3 aromatic rings. The van der Waals surface area contributed by atoms with Gasteiger partial charge < -0.3 is 14.9 Å². The summed E-state index contributed by atoms with van der Waals surface area (Å²) in [6.07, 6.45) is 3.14. The van der Waals surface area contributed by atoms with Crippen LogP contribution in [0.15, 0.2) is 41.3 Å². The Kier molecular flexibility index (Phi) is 4.46. The van der Waals surface area contributed by atoms with Gasteiger partial charge in [0.2, 0.25) is 6.41 Å². The van der Waals surface area contributed by atoms with E-state index in [2.05, 4.69) is 35.2 Å². The summed E-state index contributed by atoms with van der Waals surface area (Å²) in [6, 6.07) is 9.39. The highest BCUT2D eigenvalue weighted by atomic mass is 16.1. The van der Waals surface area contributed by atoms with E-state index in [0.717, 1.165) is 17.5 Å². The Morgan fingerprint density at radius 1 is 1.29 bits per heavy atom. The zero-order chi connectivity index (χ0) is 17.1. The number of hydrogen-bond donors (Lipinski definition) is 2. The number of para-hydroxylation sites is 1. The van der Waals surface area contributed by atoms with Gasteiger partial charge in [0.25, 0.3) is 5.56 Å². The van der Waals surface area contributed by atoms with E-state index in [1.807, 2.05) is 12.1 Å². The van der Waals surface area contributed by atoms with Gasteiger partial charge in [0.05, 0.1) is 17.6 Å². The Morgan fingerprint density at radius 2 is 2.12 bits per heavy atom. The topological polar surface area (TPSA) is 79.8 Å². The van der Waals surface area contributed by atoms with Crippen molar-refractivity contribution >= 4 is 23.1 Å². The Labute approximate surface area is 139 Å². The number of benzene rings is 1. The first-order valence-corrected chi connectivity index (χ1v) is 7.94. The largest absolute Gasteiger partial charge is 0.340 e. The Hall–Kier alpha value is -2.89. The van der Waals surface area contributed by atoms with Gasteiger partial charge in [-0.25, -0.2) is 4.98 Å². The third kappa shape index (κ3) is 3.22. The molecule has 6 heteroatoms. The first kappa shape index (κ1) is 16.0. The van der Waals surface area contributed by atoms with Crippen LogP contribution in [0.1, 0.15) is 25.2 Å². The molecule has 3 rings (SSSR count). The van der Waals surface area contributed by atoms with Crippen molar-refractivity contribution < 1.29 is 4.79 Å². The number of carbonyl (C=O) groups is 1. The molecule has 0 atom stereocenters. The van der Waals surface area contributed by atoms with Crippen LogP contribution in [0.25, 0.3) is 11.0 Å². The summed E-state index contributed by atoms with van der Waals surface area (Å²) in [5.74, 6) is 1.26. The number of carbonyl (C=O) groups excluding carboxylic acids is 1. The number of nitrogens with one attached hydrogen (secondary N) is 2. The number of aromatic nitrogens is 3. The minimum absolute atomic E-state index is 0.254. The maximum absolute atomic E-state index is 12.3. The lowest BCUT2D eigenvalue weighted by Gasteiger charge is -2.05. The first-order valence-electron chi connectivity index (χ1n) is 7.94. The first-order chi connectivity index (χ1) is 11.6. The van der Waals surface area contributed by atoms with Crippen LogP contribution < -0.4 is 10.9 Å². The number of anilines is 1. The lowest BCUT2D eigenvalue weighted by atomic mass is 10.0. The third-order valence-corrected chi connectivity index (χ3v) is 3.83. The van der Waals surface area contributed by atoms with E-state index in [0.29, 0.717) is 24.7 Å². The summed E-state index contributed by atoms with van der Waals surface area (Å²) in [6.45, 7) is 4.68. The van der Waals surface area contributed by atoms with Gasteiger partial charge in [-0.3, -0.25) is 9.59 Å². The SMILES string of the molecule is CC(C)Cc1cccc2[nH]c(Cn3cccc(NC=O)c3=O)nc12. The number of fused-ring (bicyclic) bond motifs is 1. The predicted molar refractivity (Wildman–Crippen MR) is 94.1 cm³/mol. The second-order valence-corrected chi connectivity index (χ2v) is 6.21. The van der Waals surface area contributed by atoms with E-state index in [1.54, 1.807) is 18.3 Å². The summed E-state index contributed by atoms with van der Waals surface area (Å²) in [5, 5.41) is 2.41. The molecule has 124 valence electrons. The minimum atomic E-state index is -0.257. The van der Waals surface area contributed by atoms with Crippen molar-refractivity contribution in [3.63, 3.8) is 0 Å². The second-order valence-electron chi connectivity index (χ2n) is 6.21. The van der Waals surface area contributed by atoms with Crippen LogP contribution in [0.2, 0.25) is 0 Å². The molecule has 6 nitrogen and oxygen atoms in total. The molecule has 0 spiro atoms. The van der Waals surface area contributed by atoms with E-state index >= 15 is 0 Å². The molecule has 0 fully saturated rings. The Morgan fingerprint density at radius 3 is 2.88 bits per heavy atom. The van der Waals surface area contributed by atoms with Gasteiger partial charge in [-0.15, -0.1) is 0 Å². The van der Waals surface area contributed by atoms with Crippen molar-refractivity contribution in [3.8, 4) is 0 Å². The third-order valence-electron chi connectivity index (χ3n) is 3.83. The highest BCUT2D eigenvalue weighted by molar-refractivity contribution is 5.78. The molecule has 24 heavy (non-hydrogen) atoms. The highest BCUT2D eigenvalue weighted by Crippen LogP contribution is 2.19. The van der Waals surface area contributed by atoms with Crippen LogP contribution in [-0.2, 0) is 17.8 Å². The van der Waals surface area contributed by atoms with Crippen LogP contribution in [0.3, 0.4) is 0 Å². The van der Waals surface area contributed by atoms with Crippen molar-refractivity contribution in [2.45, 2.75) is 26.8 Å². The van der Waals surface area contributed by atoms with Crippen LogP contribution >= 0.6 is 0 Å². The molecule has 0 aliphatic rings. The summed E-state index contributed by atoms with van der Waals surface area (Å²) < 4.78 is 1.52. The van der Waals surface area contributed by atoms with Crippen molar-refractivity contribution in [2.24, 2.45) is 5.92 Å². The van der Waals surface area contributed by atoms with Crippen LogP contribution in [0.4, 0.5) is 5.69 Å². The van der Waals surface area contributed by atoms with Gasteiger partial charge in [0, 0.05) is 6.20 Å². The van der Waals surface area contributed by atoms with E-state index < -0.39 is 0 Å². The lowest BCUT2D eigenvalue weighted by molar-refractivity contribution is -0.105. The zero-order valence-corrected chi connectivity index (χ0v) is 13.7. The predicted octanol–water partition coefficient (Wildman–Crippen LogP) is 2.54. The molecule has 1 amide bonds. The molecule has 0 aliphatic heterocycles. The number of aromatic amines is 1. The molecule has 1 aromatic carbocycles. The second kappa shape index (κ2) is 6.70. The monoisotopic (exact) mass is 324 g/mol. The zero-order valence-electron chi connectivity index (χ0n) is 13.7. The number of hydrogen-bond acceptors (Lipinski definition) is 3. The number of nitrogens with zero attached hydrogens (tertiary/aromatic N) is 2. The van der Waals surface area contributed by atoms with Gasteiger partial charge >= 0.3 is 0 Å². The number of pyridine rings is 1. The maximum atomic E-state index is 12.3. The standard InChI is InChI=1S/C18H20N4O2/c1-12(2)9-13-5-3-6-14-17(13)21-16(20-14)10-22-8-4-7-15(18(22)24)19-11-23/h3-8,11-12H,9-10H2,1-2H3,(H,19,23)(H,20,21). The maximum Gasteiger partial charge on any atom is 0.274 e. The lowest BCUT2D eigenvalue weighted by Crippen LogP contribution is -2.23. The van der Waals surface area contributed by atoms with Crippen molar-refractivity contribution in [1.29, 1.82) is 0 Å². The minimum Gasteiger partial charge on any atom is -0.340 e. The fourth-order valence-corrected chi connectivity index (χ4v) is 2.82. The van der Waals surface area contributed by atoms with Gasteiger partial charge in [0.1, 0.15) is 11.5 Å². The average Bonchev–Trinajstić information content (AvgIpc) is 2.95. The number of amides is 1. The summed E-state index contributed by atoms with van der Waals surface area (Å²) in [7, 11) is 0. The van der Waals surface area contributed by atoms with E-state index in [9.17, 15) is 9.59 Å². The molecule has 0 saturated carbocycles. The van der Waals surface area contributed by atoms with Crippen molar-refractivity contribution in [3.05, 3.63) is 58.3 Å². The molecular formula is C18H20N4O2. The molecule has 0 unspecified atom stereocenters. The summed E-state index contributed by atoms with van der Waals surface area (Å²) >= 11 is 0. The molecule has 2 aromatic heterocycles. The van der Waals surface area contributed by atoms with Crippen molar-refractivity contribution in [1.82, 2.24) is 14.5 Å². The number of rotatable bonds is 6. The average molecular weight is 324 g/mol. The number of H-pyrrole nitrogens is 1. The van der Waals surface area contributed by atoms with Crippen molar-refractivity contribution in [2.75, 3.05) is 5.32 Å². The molecule has 2 N–H and O–H groups in total. The normalized spacial score (nSPS) is 11.1. The summed E-state index contributed by atoms with van der Waals surface area (Å²) in [4.78, 5) is 30.8. The van der Waals surface area contributed by atoms with E-state index in [1.165, 1.54) is 10.1 Å². The number of imidazole rings is 1. The molecule has 0 aliphatic carbocycles. The molecule has 0 bridgehead atoms. The van der Waals surface area contributed by atoms with Crippen LogP contribution in [-0.4, -0.2) is 20.9 Å². The quantitative estimate of drug-likeness (QED) is 0.684. The fourth-order valence-electron chi connectivity index (χ4n) is 2.82. The Balaban J connectivity index is 1.95. The van der Waals surface area contributed by atoms with Gasteiger partial charge in [-0.1, -0.05) is 26.0 Å². The molecular weight excluding hydrogens is 304 g/mol. The summed E-state index contributed by atoms with van der Waals surface area (Å²) in [5.41, 5.74) is 3.13. The Bertz CT molecular complexity index is 924. The van der Waals surface area contributed by atoms with E-state index in [4.69, 9.17) is 0 Å². The van der Waals surface area contributed by atoms with E-state index in [-0.39, 0.29) is 11.2 Å². The smallest absolute Gasteiger partial charge is 0.274 e. The van der Waals surface area contributed by atoms with Gasteiger partial charge in [-0.2, -0.15) is 0 Å². The highest BCUT2D eigenvalue weighted by Gasteiger charge is 2.10. The van der Waals surface area contributed by atoms with Gasteiger partial charge in [-0.05, 0) is 36.1 Å². The molecule has 0 saturated heterocycles.